The Morgan fingerprint density at radius 1 is 0.773 bits per heavy atom. The highest BCUT2D eigenvalue weighted by molar-refractivity contribution is 6.17. The number of ether oxygens (including phenoxy) is 2. The highest BCUT2D eigenvalue weighted by Gasteiger charge is 2.19. The van der Waals surface area contributed by atoms with Gasteiger partial charge in [0.2, 0.25) is 0 Å². The van der Waals surface area contributed by atoms with Crippen molar-refractivity contribution in [1.29, 1.82) is 0 Å². The van der Waals surface area contributed by atoms with E-state index in [1.54, 1.807) is 0 Å². The van der Waals surface area contributed by atoms with Crippen LogP contribution in [0.4, 0.5) is 0 Å². The largest absolute Gasteiger partial charge is 0.465 e. The lowest BCUT2D eigenvalue weighted by Gasteiger charge is -2.05. The molecule has 0 saturated carbocycles. The Hall–Kier alpha value is -2.88. The second-order valence-electron chi connectivity index (χ2n) is 4.53. The average molecular weight is 296 g/mol. The number of esters is 2. The van der Waals surface area contributed by atoms with E-state index in [9.17, 15) is 9.59 Å². The van der Waals surface area contributed by atoms with Crippen molar-refractivity contribution < 1.29 is 19.1 Å². The van der Waals surface area contributed by atoms with Crippen molar-refractivity contribution in [2.75, 3.05) is 14.2 Å². The van der Waals surface area contributed by atoms with E-state index in [4.69, 9.17) is 0 Å². The van der Waals surface area contributed by atoms with Crippen LogP contribution < -0.4 is 0 Å². The van der Waals surface area contributed by atoms with Crippen LogP contribution in [0.2, 0.25) is 0 Å². The average Bonchev–Trinajstić information content (AvgIpc) is 2.59. The van der Waals surface area contributed by atoms with Gasteiger partial charge < -0.3 is 9.47 Å². The van der Waals surface area contributed by atoms with Crippen LogP contribution in [-0.2, 0) is 19.1 Å². The number of methoxy groups -OCH3 is 2. The van der Waals surface area contributed by atoms with Gasteiger partial charge in [-0.2, -0.15) is 0 Å². The van der Waals surface area contributed by atoms with Crippen molar-refractivity contribution in [2.24, 2.45) is 0 Å². The van der Waals surface area contributed by atoms with Crippen LogP contribution in [0.5, 0.6) is 0 Å². The summed E-state index contributed by atoms with van der Waals surface area (Å²) in [6, 6.07) is 17.4. The van der Waals surface area contributed by atoms with E-state index in [1.165, 1.54) is 20.3 Å². The molecular formula is C18H16O4. The molecule has 0 bridgehead atoms. The van der Waals surface area contributed by atoms with Gasteiger partial charge in [-0.15, -0.1) is 0 Å². The van der Waals surface area contributed by atoms with Crippen molar-refractivity contribution in [1.82, 2.24) is 0 Å². The number of carbonyl (C=O) groups is 2. The summed E-state index contributed by atoms with van der Waals surface area (Å²) in [4.78, 5) is 23.2. The van der Waals surface area contributed by atoms with Gasteiger partial charge in [-0.1, -0.05) is 54.6 Å². The maximum absolute atomic E-state index is 11.6. The van der Waals surface area contributed by atoms with Gasteiger partial charge in [0.1, 0.15) is 5.57 Å². The monoisotopic (exact) mass is 296 g/mol. The lowest BCUT2D eigenvalue weighted by Crippen LogP contribution is -2.15. The van der Waals surface area contributed by atoms with E-state index in [-0.39, 0.29) is 5.57 Å². The molecule has 0 spiro atoms. The Kier molecular flexibility index (Phi) is 5.09. The quantitative estimate of drug-likeness (QED) is 0.376. The van der Waals surface area contributed by atoms with Gasteiger partial charge in [0.15, 0.2) is 0 Å². The second-order valence-corrected chi connectivity index (χ2v) is 4.53. The number of carbonyl (C=O) groups excluding carboxylic acids is 2. The van der Waals surface area contributed by atoms with Gasteiger partial charge in [0.25, 0.3) is 0 Å². The first kappa shape index (κ1) is 15.5. The predicted molar refractivity (Wildman–Crippen MR) is 83.9 cm³/mol. The van der Waals surface area contributed by atoms with Crippen LogP contribution in [0.15, 0.2) is 60.2 Å². The fourth-order valence-electron chi connectivity index (χ4n) is 1.99. The molecule has 4 nitrogen and oxygen atoms in total. The number of hydrogen-bond donors (Lipinski definition) is 0. The summed E-state index contributed by atoms with van der Waals surface area (Å²) in [7, 11) is 2.44. The Morgan fingerprint density at radius 3 is 1.77 bits per heavy atom. The van der Waals surface area contributed by atoms with E-state index in [2.05, 4.69) is 9.47 Å². The molecule has 0 aliphatic rings. The highest BCUT2D eigenvalue weighted by Crippen LogP contribution is 2.20. The third kappa shape index (κ3) is 3.61. The van der Waals surface area contributed by atoms with Crippen molar-refractivity contribution in [2.45, 2.75) is 0 Å². The first-order chi connectivity index (χ1) is 10.7. The Bertz CT molecular complexity index is 667. The Morgan fingerprint density at radius 2 is 1.27 bits per heavy atom. The standard InChI is InChI=1S/C18H16O4/c1-21-17(19)16(18(20)22-2)12-13-8-10-15(11-9-13)14-6-4-3-5-7-14/h3-12H,1-2H3. The molecule has 0 fully saturated rings. The molecule has 0 unspecified atom stereocenters. The van der Waals surface area contributed by atoms with Crippen LogP contribution >= 0.6 is 0 Å². The molecule has 0 amide bonds. The molecule has 0 heterocycles. The first-order valence-electron chi connectivity index (χ1n) is 6.69. The molecule has 2 aromatic rings. The molecular weight excluding hydrogens is 280 g/mol. The summed E-state index contributed by atoms with van der Waals surface area (Å²) in [6.07, 6.45) is 1.45. The molecule has 0 saturated heterocycles. The predicted octanol–water partition coefficient (Wildman–Crippen LogP) is 3.08. The fourth-order valence-corrected chi connectivity index (χ4v) is 1.99. The summed E-state index contributed by atoms with van der Waals surface area (Å²) in [6.45, 7) is 0. The molecule has 112 valence electrons. The number of hydrogen-bond acceptors (Lipinski definition) is 4. The van der Waals surface area contributed by atoms with Gasteiger partial charge in [-0.3, -0.25) is 0 Å². The van der Waals surface area contributed by atoms with E-state index >= 15 is 0 Å². The normalized spacial score (nSPS) is 9.73. The van der Waals surface area contributed by atoms with Crippen LogP contribution in [0.1, 0.15) is 5.56 Å². The van der Waals surface area contributed by atoms with E-state index in [1.807, 2.05) is 54.6 Å². The van der Waals surface area contributed by atoms with Crippen LogP contribution in [0, 0.1) is 0 Å². The van der Waals surface area contributed by atoms with Crippen molar-refractivity contribution in [3.8, 4) is 11.1 Å². The third-order valence-corrected chi connectivity index (χ3v) is 3.14. The zero-order chi connectivity index (χ0) is 15.9. The summed E-state index contributed by atoms with van der Waals surface area (Å²) in [5.74, 6) is -1.45. The molecule has 0 radical (unpaired) electrons. The van der Waals surface area contributed by atoms with Gasteiger partial charge in [0.05, 0.1) is 14.2 Å². The van der Waals surface area contributed by atoms with Crippen LogP contribution in [-0.4, -0.2) is 26.2 Å². The van der Waals surface area contributed by atoms with Crippen LogP contribution in [0.25, 0.3) is 17.2 Å². The van der Waals surface area contributed by atoms with Gasteiger partial charge >= 0.3 is 11.9 Å². The smallest absolute Gasteiger partial charge is 0.345 e. The number of rotatable bonds is 4. The van der Waals surface area contributed by atoms with Gasteiger partial charge in [-0.05, 0) is 22.8 Å². The third-order valence-electron chi connectivity index (χ3n) is 3.14. The minimum Gasteiger partial charge on any atom is -0.465 e. The summed E-state index contributed by atoms with van der Waals surface area (Å²) in [5, 5.41) is 0. The topological polar surface area (TPSA) is 52.6 Å². The molecule has 0 aromatic heterocycles. The van der Waals surface area contributed by atoms with Crippen LogP contribution in [0.3, 0.4) is 0 Å². The lowest BCUT2D eigenvalue weighted by atomic mass is 10.0. The van der Waals surface area contributed by atoms with Crippen molar-refractivity contribution in [3.05, 3.63) is 65.7 Å². The fraction of sp³-hybridized carbons (Fsp3) is 0.111. The van der Waals surface area contributed by atoms with E-state index < -0.39 is 11.9 Å². The molecule has 0 aliphatic heterocycles. The molecule has 4 heteroatoms. The maximum Gasteiger partial charge on any atom is 0.345 e. The van der Waals surface area contributed by atoms with Crippen molar-refractivity contribution in [3.63, 3.8) is 0 Å². The lowest BCUT2D eigenvalue weighted by molar-refractivity contribution is -0.143. The minimum absolute atomic E-state index is 0.141. The maximum atomic E-state index is 11.6. The zero-order valence-corrected chi connectivity index (χ0v) is 12.4. The summed E-state index contributed by atoms with van der Waals surface area (Å²) in [5.41, 5.74) is 2.72. The number of benzene rings is 2. The SMILES string of the molecule is COC(=O)C(=Cc1ccc(-c2ccccc2)cc1)C(=O)OC. The molecule has 2 rings (SSSR count). The first-order valence-corrected chi connectivity index (χ1v) is 6.69. The molecule has 0 aliphatic carbocycles. The molecule has 0 N–H and O–H groups in total. The zero-order valence-electron chi connectivity index (χ0n) is 12.4. The Labute approximate surface area is 129 Å². The molecule has 0 atom stereocenters. The Balaban J connectivity index is 2.31. The highest BCUT2D eigenvalue weighted by atomic mass is 16.5. The van der Waals surface area contributed by atoms with Crippen molar-refractivity contribution >= 4 is 18.0 Å². The van der Waals surface area contributed by atoms with E-state index in [0.717, 1.165) is 11.1 Å². The summed E-state index contributed by atoms with van der Waals surface area (Å²) < 4.78 is 9.19. The van der Waals surface area contributed by atoms with Gasteiger partial charge in [-0.25, -0.2) is 9.59 Å². The summed E-state index contributed by atoms with van der Waals surface area (Å²) >= 11 is 0. The molecule has 2 aromatic carbocycles. The second kappa shape index (κ2) is 7.22. The van der Waals surface area contributed by atoms with E-state index in [0.29, 0.717) is 5.56 Å². The minimum atomic E-state index is -0.723. The molecule has 22 heavy (non-hydrogen) atoms. The van der Waals surface area contributed by atoms with Gasteiger partial charge in [0, 0.05) is 0 Å².